The third-order valence-corrected chi connectivity index (χ3v) is 6.16. The smallest absolute Gasteiger partial charge is 0.315 e. The zero-order valence-electron chi connectivity index (χ0n) is 19.7. The van der Waals surface area contributed by atoms with Crippen molar-refractivity contribution in [3.05, 3.63) is 64.7 Å². The highest BCUT2D eigenvalue weighted by molar-refractivity contribution is 6.30. The van der Waals surface area contributed by atoms with Gasteiger partial charge in [0.25, 0.3) is 0 Å². The Morgan fingerprint density at radius 1 is 1.03 bits per heavy atom. The molecule has 186 valence electrons. The van der Waals surface area contributed by atoms with E-state index >= 15 is 0 Å². The van der Waals surface area contributed by atoms with Gasteiger partial charge in [0.05, 0.1) is 33.3 Å². The predicted octanol–water partition coefficient (Wildman–Crippen LogP) is 2.66. The van der Waals surface area contributed by atoms with Gasteiger partial charge in [-0.2, -0.15) is 0 Å². The van der Waals surface area contributed by atoms with Crippen LogP contribution in [0.5, 0.6) is 5.75 Å². The number of methoxy groups -OCH3 is 3. The van der Waals surface area contributed by atoms with Crippen LogP contribution in [0.3, 0.4) is 0 Å². The number of esters is 2. The van der Waals surface area contributed by atoms with Crippen LogP contribution in [0.15, 0.2) is 48.5 Å². The van der Waals surface area contributed by atoms with Crippen LogP contribution >= 0.6 is 11.6 Å². The molecule has 1 heterocycles. The maximum atomic E-state index is 13.3. The fourth-order valence-corrected chi connectivity index (χ4v) is 4.43. The molecule has 3 atom stereocenters. The zero-order valence-corrected chi connectivity index (χ0v) is 20.4. The van der Waals surface area contributed by atoms with Crippen molar-refractivity contribution in [1.82, 2.24) is 10.2 Å². The normalized spacial score (nSPS) is 19.1. The second-order valence-electron chi connectivity index (χ2n) is 8.00. The fourth-order valence-electron chi connectivity index (χ4n) is 4.23. The second-order valence-corrected chi connectivity index (χ2v) is 8.44. The van der Waals surface area contributed by atoms with Gasteiger partial charge in [-0.25, -0.2) is 0 Å². The molecule has 35 heavy (non-hydrogen) atoms. The fraction of sp³-hybridized carbons (Fsp3) is 0.360. The number of rotatable bonds is 8. The Morgan fingerprint density at radius 2 is 1.74 bits per heavy atom. The molecule has 1 aliphatic heterocycles. The topological polar surface area (TPSA) is 111 Å². The highest BCUT2D eigenvalue weighted by Gasteiger charge is 2.51. The van der Waals surface area contributed by atoms with Gasteiger partial charge < -0.3 is 24.4 Å². The van der Waals surface area contributed by atoms with Crippen molar-refractivity contribution in [3.63, 3.8) is 0 Å². The molecule has 0 bridgehead atoms. The number of hydrogen-bond acceptors (Lipinski definition) is 7. The van der Waals surface area contributed by atoms with E-state index in [1.165, 1.54) is 19.1 Å². The molecule has 0 saturated carbocycles. The molecule has 2 aromatic carbocycles. The summed E-state index contributed by atoms with van der Waals surface area (Å²) in [4.78, 5) is 52.4. The second kappa shape index (κ2) is 11.7. The van der Waals surface area contributed by atoms with Crippen LogP contribution < -0.4 is 10.1 Å². The van der Waals surface area contributed by atoms with Crippen molar-refractivity contribution in [1.29, 1.82) is 0 Å². The average Bonchev–Trinajstić information content (AvgIpc) is 3.28. The van der Waals surface area contributed by atoms with Crippen LogP contribution in [0.4, 0.5) is 0 Å². The van der Waals surface area contributed by atoms with Gasteiger partial charge in [-0.15, -0.1) is 0 Å². The summed E-state index contributed by atoms with van der Waals surface area (Å²) in [5.74, 6) is -2.58. The first kappa shape index (κ1) is 26.0. The summed E-state index contributed by atoms with van der Waals surface area (Å²) >= 11 is 6.17. The number of hydrogen-bond donors (Lipinski definition) is 1. The first-order valence-electron chi connectivity index (χ1n) is 10.9. The van der Waals surface area contributed by atoms with Crippen LogP contribution in [0.2, 0.25) is 5.02 Å². The molecular weight excluding hydrogens is 476 g/mol. The van der Waals surface area contributed by atoms with Crippen molar-refractivity contribution in [2.24, 2.45) is 5.92 Å². The van der Waals surface area contributed by atoms with Crippen LogP contribution in [-0.4, -0.2) is 56.0 Å². The third kappa shape index (κ3) is 6.10. The number of nitrogens with zero attached hydrogens (tertiary/aromatic N) is 1. The minimum absolute atomic E-state index is 0.0191. The van der Waals surface area contributed by atoms with E-state index in [-0.39, 0.29) is 13.0 Å². The minimum atomic E-state index is -1.02. The van der Waals surface area contributed by atoms with Crippen molar-refractivity contribution >= 4 is 35.4 Å². The average molecular weight is 503 g/mol. The molecule has 0 aliphatic carbocycles. The van der Waals surface area contributed by atoms with Crippen LogP contribution in [0.1, 0.15) is 30.0 Å². The minimum Gasteiger partial charge on any atom is -0.497 e. The summed E-state index contributed by atoms with van der Waals surface area (Å²) < 4.78 is 14.8. The predicted molar refractivity (Wildman–Crippen MR) is 126 cm³/mol. The molecule has 9 nitrogen and oxygen atoms in total. The molecule has 2 amide bonds. The van der Waals surface area contributed by atoms with Gasteiger partial charge in [0, 0.05) is 11.6 Å². The van der Waals surface area contributed by atoms with Gasteiger partial charge in [0.2, 0.25) is 11.8 Å². The van der Waals surface area contributed by atoms with Gasteiger partial charge in [-0.05, 0) is 41.8 Å². The molecule has 10 heteroatoms. The van der Waals surface area contributed by atoms with Crippen LogP contribution in [0, 0.1) is 5.92 Å². The monoisotopic (exact) mass is 502 g/mol. The van der Waals surface area contributed by atoms with Gasteiger partial charge >= 0.3 is 11.9 Å². The van der Waals surface area contributed by atoms with E-state index in [0.717, 1.165) is 5.56 Å². The van der Waals surface area contributed by atoms with E-state index in [4.69, 9.17) is 21.1 Å². The summed E-state index contributed by atoms with van der Waals surface area (Å²) in [6.45, 7) is 0.198. The highest BCUT2D eigenvalue weighted by Crippen LogP contribution is 2.43. The Hall–Kier alpha value is -3.59. The molecule has 3 unspecified atom stereocenters. The summed E-state index contributed by atoms with van der Waals surface area (Å²) in [6, 6.07) is 12.0. The van der Waals surface area contributed by atoms with E-state index in [9.17, 15) is 19.2 Å². The third-order valence-electron chi connectivity index (χ3n) is 5.93. The number of halogens is 1. The van der Waals surface area contributed by atoms with Gasteiger partial charge in [-0.3, -0.25) is 19.2 Å². The Kier molecular flexibility index (Phi) is 8.70. The number of carbonyl (C=O) groups excluding carboxylic acids is 4. The lowest BCUT2D eigenvalue weighted by Crippen LogP contribution is -2.47. The standard InChI is InChI=1S/C25H27ClN2O7/c1-33-18-9-7-15(8-10-18)14-27-24(31)20-12-19(25(32)35-3)23(16-5-4-6-17(26)11-16)28(20)21(29)13-22(30)34-2/h4-11,19-20,23H,12-14H2,1-3H3,(H,27,31). The molecule has 3 rings (SSSR count). The Balaban J connectivity index is 1.93. The van der Waals surface area contributed by atoms with E-state index in [2.05, 4.69) is 10.1 Å². The zero-order chi connectivity index (χ0) is 25.5. The van der Waals surface area contributed by atoms with E-state index in [1.54, 1.807) is 55.6 Å². The van der Waals surface area contributed by atoms with Crippen molar-refractivity contribution in [3.8, 4) is 5.75 Å². The quantitative estimate of drug-likeness (QED) is 0.436. The lowest BCUT2D eigenvalue weighted by atomic mass is 9.93. The molecule has 1 fully saturated rings. The van der Waals surface area contributed by atoms with Crippen molar-refractivity contribution in [2.75, 3.05) is 21.3 Å². The van der Waals surface area contributed by atoms with E-state index < -0.39 is 48.2 Å². The van der Waals surface area contributed by atoms with Crippen molar-refractivity contribution in [2.45, 2.75) is 31.5 Å². The molecule has 1 aliphatic rings. The van der Waals surface area contributed by atoms with Gasteiger partial charge in [0.15, 0.2) is 0 Å². The van der Waals surface area contributed by atoms with Crippen LogP contribution in [0.25, 0.3) is 0 Å². The Morgan fingerprint density at radius 3 is 2.34 bits per heavy atom. The van der Waals surface area contributed by atoms with Crippen LogP contribution in [-0.2, 0) is 35.2 Å². The highest BCUT2D eigenvalue weighted by atomic mass is 35.5. The Labute approximate surface area is 208 Å². The van der Waals surface area contributed by atoms with E-state index in [1.807, 2.05) is 0 Å². The maximum Gasteiger partial charge on any atom is 0.315 e. The molecule has 1 saturated heterocycles. The van der Waals surface area contributed by atoms with Gasteiger partial charge in [-0.1, -0.05) is 35.9 Å². The number of likely N-dealkylation sites (tertiary alicyclic amines) is 1. The number of ether oxygens (including phenoxy) is 3. The number of carbonyl (C=O) groups is 4. The summed E-state index contributed by atoms with van der Waals surface area (Å²) in [5, 5.41) is 3.23. The first-order chi connectivity index (χ1) is 16.8. The largest absolute Gasteiger partial charge is 0.497 e. The molecule has 1 N–H and O–H groups in total. The lowest BCUT2D eigenvalue weighted by Gasteiger charge is -2.31. The molecule has 0 spiro atoms. The molecule has 2 aromatic rings. The Bertz CT molecular complexity index is 1090. The van der Waals surface area contributed by atoms with Gasteiger partial charge in [0.1, 0.15) is 18.2 Å². The summed E-state index contributed by atoms with van der Waals surface area (Å²) in [5.41, 5.74) is 1.37. The number of nitrogens with one attached hydrogen (secondary N) is 1. The molecule has 0 radical (unpaired) electrons. The van der Waals surface area contributed by atoms with E-state index in [0.29, 0.717) is 16.3 Å². The molecular formula is C25H27ClN2O7. The summed E-state index contributed by atoms with van der Waals surface area (Å²) in [7, 11) is 3.98. The van der Waals surface area contributed by atoms with Crippen molar-refractivity contribution < 1.29 is 33.4 Å². The molecule has 0 aromatic heterocycles. The number of benzene rings is 2. The summed E-state index contributed by atoms with van der Waals surface area (Å²) in [6.07, 6.45) is -0.561. The maximum absolute atomic E-state index is 13.3. The lowest BCUT2D eigenvalue weighted by molar-refractivity contribution is -0.150. The first-order valence-corrected chi connectivity index (χ1v) is 11.3. The number of amides is 2. The SMILES string of the molecule is COC(=O)CC(=O)N1C(C(=O)NCc2ccc(OC)cc2)CC(C(=O)OC)C1c1cccc(Cl)c1.